The van der Waals surface area contributed by atoms with Gasteiger partial charge in [0.25, 0.3) is 17.7 Å². The number of nitrogens with one attached hydrogen (secondary N) is 1. The molecule has 4 amide bonds. The molecule has 3 heterocycles. The van der Waals surface area contributed by atoms with Crippen molar-refractivity contribution in [2.45, 2.75) is 25.7 Å². The molecule has 0 radical (unpaired) electrons. The number of likely N-dealkylation sites (tertiary alicyclic amines) is 1. The van der Waals surface area contributed by atoms with E-state index in [0.717, 1.165) is 18.2 Å². The van der Waals surface area contributed by atoms with Gasteiger partial charge < -0.3 is 14.6 Å². The Morgan fingerprint density at radius 1 is 0.943 bits per heavy atom. The van der Waals surface area contributed by atoms with Gasteiger partial charge in [-0.1, -0.05) is 30.3 Å². The van der Waals surface area contributed by atoms with Crippen LogP contribution in [-0.2, 0) is 4.79 Å². The first kappa shape index (κ1) is 22.8. The summed E-state index contributed by atoms with van der Waals surface area (Å²) in [5.74, 6) is -0.130. The second kappa shape index (κ2) is 9.74. The maximum atomic E-state index is 12.8. The summed E-state index contributed by atoms with van der Waals surface area (Å²) in [4.78, 5) is 52.9. The van der Waals surface area contributed by atoms with Crippen LogP contribution in [-0.4, -0.2) is 59.6 Å². The summed E-state index contributed by atoms with van der Waals surface area (Å²) < 4.78 is 5.70. The van der Waals surface area contributed by atoms with Crippen molar-refractivity contribution in [3.8, 4) is 0 Å². The molecule has 2 aromatic carbocycles. The third-order valence-electron chi connectivity index (χ3n) is 6.79. The number of para-hydroxylation sites is 1. The van der Waals surface area contributed by atoms with E-state index in [1.165, 1.54) is 4.90 Å². The second-order valence-corrected chi connectivity index (χ2v) is 9.10. The van der Waals surface area contributed by atoms with E-state index in [-0.39, 0.29) is 36.6 Å². The monoisotopic (exact) mass is 473 g/mol. The molecule has 0 spiro atoms. The van der Waals surface area contributed by atoms with Crippen molar-refractivity contribution in [2.75, 3.05) is 26.2 Å². The van der Waals surface area contributed by atoms with Gasteiger partial charge in [0.1, 0.15) is 5.58 Å². The van der Waals surface area contributed by atoms with Crippen LogP contribution in [0, 0.1) is 5.92 Å². The first-order valence-corrected chi connectivity index (χ1v) is 12.0. The Balaban J connectivity index is 1.02. The molecular weight excluding hydrogens is 446 g/mol. The zero-order valence-corrected chi connectivity index (χ0v) is 19.4. The van der Waals surface area contributed by atoms with Crippen LogP contribution in [0.15, 0.2) is 59.0 Å². The Labute approximate surface area is 202 Å². The summed E-state index contributed by atoms with van der Waals surface area (Å²) >= 11 is 0. The van der Waals surface area contributed by atoms with Crippen molar-refractivity contribution in [1.82, 2.24) is 15.1 Å². The summed E-state index contributed by atoms with van der Waals surface area (Å²) in [6.45, 7) is 2.02. The van der Waals surface area contributed by atoms with Gasteiger partial charge in [0.2, 0.25) is 5.91 Å². The van der Waals surface area contributed by atoms with Crippen LogP contribution in [0.5, 0.6) is 0 Å². The molecule has 1 saturated heterocycles. The minimum Gasteiger partial charge on any atom is -0.451 e. The summed E-state index contributed by atoms with van der Waals surface area (Å²) in [5, 5.41) is 3.87. The first-order valence-electron chi connectivity index (χ1n) is 12.0. The van der Waals surface area contributed by atoms with Crippen molar-refractivity contribution >= 4 is 34.6 Å². The smallest absolute Gasteiger partial charge is 0.289 e. The number of carbonyl (C=O) groups is 4. The van der Waals surface area contributed by atoms with E-state index >= 15 is 0 Å². The number of hydrogen-bond acceptors (Lipinski definition) is 5. The molecular formula is C27H27N3O5. The molecule has 1 aromatic heterocycles. The Bertz CT molecular complexity index is 1220. The minimum absolute atomic E-state index is 0.0950. The summed E-state index contributed by atoms with van der Waals surface area (Å²) in [7, 11) is 0. The highest BCUT2D eigenvalue weighted by molar-refractivity contribution is 6.21. The number of nitrogens with zero attached hydrogens (tertiary/aromatic N) is 2. The van der Waals surface area contributed by atoms with Gasteiger partial charge in [-0.3, -0.25) is 24.1 Å². The number of carbonyl (C=O) groups excluding carboxylic acids is 4. The predicted molar refractivity (Wildman–Crippen MR) is 129 cm³/mol. The molecule has 8 heteroatoms. The zero-order chi connectivity index (χ0) is 24.4. The molecule has 1 N–H and O–H groups in total. The van der Waals surface area contributed by atoms with E-state index in [2.05, 4.69) is 5.32 Å². The maximum absolute atomic E-state index is 12.8. The molecule has 3 aromatic rings. The topological polar surface area (TPSA) is 99.9 Å². The van der Waals surface area contributed by atoms with Gasteiger partial charge in [0.15, 0.2) is 5.76 Å². The number of rotatable bonds is 7. The average Bonchev–Trinajstić information content (AvgIpc) is 3.43. The molecule has 0 unspecified atom stereocenters. The van der Waals surface area contributed by atoms with Crippen LogP contribution in [0.1, 0.15) is 57.0 Å². The largest absolute Gasteiger partial charge is 0.451 e. The van der Waals surface area contributed by atoms with Gasteiger partial charge in [0, 0.05) is 38.0 Å². The van der Waals surface area contributed by atoms with E-state index in [1.54, 1.807) is 35.2 Å². The minimum atomic E-state index is -0.296. The number of fused-ring (bicyclic) bond motifs is 2. The molecule has 2 aliphatic heterocycles. The molecule has 1 fully saturated rings. The van der Waals surface area contributed by atoms with Crippen molar-refractivity contribution in [1.29, 1.82) is 0 Å². The highest BCUT2D eigenvalue weighted by atomic mass is 16.3. The molecule has 2 aliphatic rings. The van der Waals surface area contributed by atoms with Gasteiger partial charge in [-0.15, -0.1) is 0 Å². The first-order chi connectivity index (χ1) is 17.0. The highest BCUT2D eigenvalue weighted by Crippen LogP contribution is 2.24. The normalized spacial score (nSPS) is 16.1. The number of imide groups is 1. The van der Waals surface area contributed by atoms with Crippen molar-refractivity contribution in [2.24, 2.45) is 5.92 Å². The predicted octanol–water partition coefficient (Wildman–Crippen LogP) is 3.48. The van der Waals surface area contributed by atoms with Crippen molar-refractivity contribution in [3.63, 3.8) is 0 Å². The van der Waals surface area contributed by atoms with Gasteiger partial charge in [0.05, 0.1) is 11.1 Å². The van der Waals surface area contributed by atoms with Crippen LogP contribution < -0.4 is 5.32 Å². The van der Waals surface area contributed by atoms with E-state index in [1.807, 2.05) is 24.3 Å². The highest BCUT2D eigenvalue weighted by Gasteiger charge is 2.34. The lowest BCUT2D eigenvalue weighted by Crippen LogP contribution is -2.41. The van der Waals surface area contributed by atoms with Crippen LogP contribution in [0.2, 0.25) is 0 Å². The fourth-order valence-electron chi connectivity index (χ4n) is 4.77. The molecule has 0 saturated carbocycles. The second-order valence-electron chi connectivity index (χ2n) is 9.10. The number of benzene rings is 2. The van der Waals surface area contributed by atoms with E-state index in [4.69, 9.17) is 4.42 Å². The Morgan fingerprint density at radius 2 is 1.60 bits per heavy atom. The van der Waals surface area contributed by atoms with Gasteiger partial charge in [-0.25, -0.2) is 0 Å². The zero-order valence-electron chi connectivity index (χ0n) is 19.4. The van der Waals surface area contributed by atoms with Crippen LogP contribution >= 0.6 is 0 Å². The van der Waals surface area contributed by atoms with Gasteiger partial charge in [-0.05, 0) is 49.4 Å². The fourth-order valence-corrected chi connectivity index (χ4v) is 4.77. The molecule has 0 aliphatic carbocycles. The molecule has 8 nitrogen and oxygen atoms in total. The third kappa shape index (κ3) is 4.69. The summed E-state index contributed by atoms with van der Waals surface area (Å²) in [6, 6.07) is 16.1. The quantitative estimate of drug-likeness (QED) is 0.530. The van der Waals surface area contributed by atoms with E-state index < -0.39 is 0 Å². The Kier molecular flexibility index (Phi) is 6.35. The lowest BCUT2D eigenvalue weighted by molar-refractivity contribution is -0.121. The number of hydrogen-bond donors (Lipinski definition) is 1. The summed E-state index contributed by atoms with van der Waals surface area (Å²) in [6.07, 6.45) is 2.28. The summed E-state index contributed by atoms with van der Waals surface area (Å²) in [5.41, 5.74) is 1.55. The Hall–Kier alpha value is -3.94. The standard InChI is InChI=1S/C27H27N3O5/c31-24(10-5-13-30-25(32)20-7-2-3-8-21(20)26(30)33)28-17-18-11-14-29(15-12-18)27(34)23-16-19-6-1-4-9-22(19)35-23/h1-4,6-9,16,18H,5,10-15,17H2,(H,28,31). The Morgan fingerprint density at radius 3 is 2.29 bits per heavy atom. The maximum Gasteiger partial charge on any atom is 0.289 e. The lowest BCUT2D eigenvalue weighted by atomic mass is 9.96. The van der Waals surface area contributed by atoms with E-state index in [9.17, 15) is 19.2 Å². The van der Waals surface area contributed by atoms with Crippen LogP contribution in [0.4, 0.5) is 0 Å². The SMILES string of the molecule is O=C(CCCN1C(=O)c2ccccc2C1=O)NCC1CCN(C(=O)c2cc3ccccc3o2)CC1. The average molecular weight is 474 g/mol. The van der Waals surface area contributed by atoms with Gasteiger partial charge >= 0.3 is 0 Å². The lowest BCUT2D eigenvalue weighted by Gasteiger charge is -2.31. The molecule has 35 heavy (non-hydrogen) atoms. The van der Waals surface area contributed by atoms with E-state index in [0.29, 0.717) is 54.4 Å². The third-order valence-corrected chi connectivity index (χ3v) is 6.79. The molecule has 0 bridgehead atoms. The van der Waals surface area contributed by atoms with Crippen LogP contribution in [0.3, 0.4) is 0 Å². The number of furan rings is 1. The van der Waals surface area contributed by atoms with Crippen molar-refractivity contribution < 1.29 is 23.6 Å². The van der Waals surface area contributed by atoms with Gasteiger partial charge in [-0.2, -0.15) is 0 Å². The number of amides is 4. The number of piperidine rings is 1. The molecule has 0 atom stereocenters. The fraction of sp³-hybridized carbons (Fsp3) is 0.333. The van der Waals surface area contributed by atoms with Crippen molar-refractivity contribution in [3.05, 3.63) is 71.5 Å². The van der Waals surface area contributed by atoms with Crippen LogP contribution in [0.25, 0.3) is 11.0 Å². The molecule has 5 rings (SSSR count). The molecule has 180 valence electrons.